The average Bonchev–Trinajstić information content (AvgIpc) is 2.05. The van der Waals surface area contributed by atoms with E-state index < -0.39 is 0 Å². The Kier molecular flexibility index (Phi) is 2.46. The van der Waals surface area contributed by atoms with Crippen LogP contribution in [0.4, 0.5) is 11.4 Å². The molecule has 11 heavy (non-hydrogen) atoms. The fourth-order valence-electron chi connectivity index (χ4n) is 0.872. The standard InChI is InChI=1S/C8H12N2O/c1-9-7-3-5-8(6-4-7)10(2)11/h3-6,9-10H,1-2H3. The summed E-state index contributed by atoms with van der Waals surface area (Å²) < 4.78 is 0. The lowest BCUT2D eigenvalue weighted by atomic mass is 10.3. The van der Waals surface area contributed by atoms with Crippen LogP contribution in [0.25, 0.3) is 0 Å². The number of hydroxylamine groups is 1. The normalized spacial score (nSPS) is 12.6. The van der Waals surface area contributed by atoms with Crippen LogP contribution in [-0.4, -0.2) is 14.1 Å². The Hall–Kier alpha value is -1.06. The number of quaternary nitrogens is 1. The molecule has 1 unspecified atom stereocenters. The summed E-state index contributed by atoms with van der Waals surface area (Å²) in [4.78, 5) is 0. The van der Waals surface area contributed by atoms with Crippen molar-refractivity contribution in [3.05, 3.63) is 29.5 Å². The van der Waals surface area contributed by atoms with Gasteiger partial charge < -0.3 is 15.6 Å². The highest BCUT2D eigenvalue weighted by molar-refractivity contribution is 5.47. The molecule has 0 saturated heterocycles. The van der Waals surface area contributed by atoms with Gasteiger partial charge in [0.05, 0.1) is 7.05 Å². The van der Waals surface area contributed by atoms with Gasteiger partial charge in [0.15, 0.2) is 0 Å². The Morgan fingerprint density at radius 1 is 1.27 bits per heavy atom. The molecule has 1 aromatic rings. The molecule has 0 fully saturated rings. The molecular weight excluding hydrogens is 140 g/mol. The quantitative estimate of drug-likeness (QED) is 0.601. The zero-order valence-corrected chi connectivity index (χ0v) is 6.72. The predicted octanol–water partition coefficient (Wildman–Crippen LogP) is 0.372. The Labute approximate surface area is 66.2 Å². The summed E-state index contributed by atoms with van der Waals surface area (Å²) in [7, 11) is 3.41. The van der Waals surface area contributed by atoms with Gasteiger partial charge in [0, 0.05) is 24.9 Å². The number of hydrogen-bond donors (Lipinski definition) is 2. The summed E-state index contributed by atoms with van der Waals surface area (Å²) in [5.41, 5.74) is 1.78. The van der Waals surface area contributed by atoms with Gasteiger partial charge in [0.25, 0.3) is 0 Å². The minimum Gasteiger partial charge on any atom is -0.629 e. The predicted molar refractivity (Wildman–Crippen MR) is 45.9 cm³/mol. The molecule has 0 aromatic heterocycles. The van der Waals surface area contributed by atoms with Crippen LogP contribution in [0.3, 0.4) is 0 Å². The van der Waals surface area contributed by atoms with E-state index in [0.29, 0.717) is 0 Å². The van der Waals surface area contributed by atoms with E-state index >= 15 is 0 Å². The van der Waals surface area contributed by atoms with E-state index in [2.05, 4.69) is 5.32 Å². The summed E-state index contributed by atoms with van der Waals surface area (Å²) in [6.07, 6.45) is 0. The second-order valence-corrected chi connectivity index (χ2v) is 2.38. The van der Waals surface area contributed by atoms with Gasteiger partial charge in [-0.2, -0.15) is 0 Å². The van der Waals surface area contributed by atoms with Crippen LogP contribution >= 0.6 is 0 Å². The van der Waals surface area contributed by atoms with Crippen molar-refractivity contribution in [1.29, 1.82) is 0 Å². The molecule has 0 aliphatic rings. The Morgan fingerprint density at radius 3 is 2.18 bits per heavy atom. The molecule has 0 saturated carbocycles. The molecule has 1 atom stereocenters. The maximum atomic E-state index is 10.8. The Bertz CT molecular complexity index is 218. The van der Waals surface area contributed by atoms with Crippen molar-refractivity contribution in [1.82, 2.24) is 0 Å². The molecule has 0 spiro atoms. The van der Waals surface area contributed by atoms with E-state index in [0.717, 1.165) is 11.4 Å². The molecule has 1 rings (SSSR count). The molecule has 2 N–H and O–H groups in total. The van der Waals surface area contributed by atoms with Crippen molar-refractivity contribution in [2.45, 2.75) is 0 Å². The second-order valence-electron chi connectivity index (χ2n) is 2.38. The van der Waals surface area contributed by atoms with Gasteiger partial charge in [-0.1, -0.05) is 0 Å². The first kappa shape index (κ1) is 8.04. The third kappa shape index (κ3) is 1.93. The maximum absolute atomic E-state index is 10.8. The van der Waals surface area contributed by atoms with Gasteiger partial charge >= 0.3 is 0 Å². The molecule has 0 aliphatic heterocycles. The summed E-state index contributed by atoms with van der Waals surface area (Å²) in [5, 5.41) is 13.9. The van der Waals surface area contributed by atoms with Gasteiger partial charge in [-0.25, -0.2) is 0 Å². The van der Waals surface area contributed by atoms with Crippen LogP contribution in [0.2, 0.25) is 0 Å². The first-order valence-corrected chi connectivity index (χ1v) is 3.53. The molecule has 60 valence electrons. The van der Waals surface area contributed by atoms with Crippen molar-refractivity contribution in [2.75, 3.05) is 19.4 Å². The monoisotopic (exact) mass is 152 g/mol. The Balaban J connectivity index is 2.83. The van der Waals surface area contributed by atoms with Crippen LogP contribution in [0, 0.1) is 5.21 Å². The van der Waals surface area contributed by atoms with Crippen LogP contribution in [0.5, 0.6) is 0 Å². The topological polar surface area (TPSA) is 39.5 Å². The van der Waals surface area contributed by atoms with E-state index in [1.165, 1.54) is 0 Å². The van der Waals surface area contributed by atoms with Crippen molar-refractivity contribution < 1.29 is 5.06 Å². The van der Waals surface area contributed by atoms with E-state index in [4.69, 9.17) is 0 Å². The molecule has 3 nitrogen and oxygen atoms in total. The summed E-state index contributed by atoms with van der Waals surface area (Å²) in [6.45, 7) is 0. The van der Waals surface area contributed by atoms with Gasteiger partial charge in [-0.15, -0.1) is 0 Å². The third-order valence-corrected chi connectivity index (χ3v) is 1.58. The summed E-state index contributed by atoms with van der Waals surface area (Å²) in [5.74, 6) is 0. The minimum atomic E-state index is 0.104. The van der Waals surface area contributed by atoms with Crippen LogP contribution in [-0.2, 0) is 0 Å². The maximum Gasteiger partial charge on any atom is 0.131 e. The first-order chi connectivity index (χ1) is 5.24. The number of rotatable bonds is 2. The fourth-order valence-corrected chi connectivity index (χ4v) is 0.872. The van der Waals surface area contributed by atoms with Crippen molar-refractivity contribution in [3.8, 4) is 0 Å². The molecule has 0 aliphatic carbocycles. The van der Waals surface area contributed by atoms with Crippen molar-refractivity contribution in [3.63, 3.8) is 0 Å². The largest absolute Gasteiger partial charge is 0.629 e. The number of hydrogen-bond acceptors (Lipinski definition) is 2. The number of benzene rings is 1. The number of nitrogens with one attached hydrogen (secondary N) is 2. The third-order valence-electron chi connectivity index (χ3n) is 1.58. The minimum absolute atomic E-state index is 0.104. The van der Waals surface area contributed by atoms with E-state index in [1.54, 1.807) is 7.05 Å². The highest BCUT2D eigenvalue weighted by Gasteiger charge is 1.94. The molecule has 1 aromatic carbocycles. The van der Waals surface area contributed by atoms with Gasteiger partial charge in [0.2, 0.25) is 0 Å². The van der Waals surface area contributed by atoms with E-state index in [1.807, 2.05) is 31.3 Å². The number of anilines is 1. The van der Waals surface area contributed by atoms with E-state index in [-0.39, 0.29) is 5.06 Å². The van der Waals surface area contributed by atoms with E-state index in [9.17, 15) is 5.21 Å². The molecule has 3 heteroatoms. The molecule has 0 radical (unpaired) electrons. The molecule has 0 bridgehead atoms. The summed E-state index contributed by atoms with van der Waals surface area (Å²) >= 11 is 0. The van der Waals surface area contributed by atoms with Crippen LogP contribution in [0.15, 0.2) is 24.3 Å². The SMILES string of the molecule is CNc1ccc([NH+](C)[O-])cc1. The highest BCUT2D eigenvalue weighted by Crippen LogP contribution is 2.08. The van der Waals surface area contributed by atoms with Gasteiger partial charge in [0.1, 0.15) is 5.69 Å². The Morgan fingerprint density at radius 2 is 1.82 bits per heavy atom. The first-order valence-electron chi connectivity index (χ1n) is 3.53. The molecule has 0 amide bonds. The smallest absolute Gasteiger partial charge is 0.131 e. The fraction of sp³-hybridized carbons (Fsp3) is 0.250. The van der Waals surface area contributed by atoms with Gasteiger partial charge in [-0.3, -0.25) is 0 Å². The average molecular weight is 152 g/mol. The summed E-state index contributed by atoms with van der Waals surface area (Å²) in [6, 6.07) is 7.40. The zero-order chi connectivity index (χ0) is 8.27. The molecule has 0 heterocycles. The lowest BCUT2D eigenvalue weighted by molar-refractivity contribution is -0.751. The van der Waals surface area contributed by atoms with Crippen LogP contribution < -0.4 is 10.4 Å². The van der Waals surface area contributed by atoms with Crippen molar-refractivity contribution >= 4 is 11.4 Å². The van der Waals surface area contributed by atoms with Gasteiger partial charge in [-0.05, 0) is 12.1 Å². The molecular formula is C8H12N2O. The lowest BCUT2D eigenvalue weighted by Gasteiger charge is -2.15. The zero-order valence-electron chi connectivity index (χ0n) is 6.72. The van der Waals surface area contributed by atoms with Crippen LogP contribution in [0.1, 0.15) is 0 Å². The van der Waals surface area contributed by atoms with Crippen molar-refractivity contribution in [2.24, 2.45) is 0 Å². The lowest BCUT2D eigenvalue weighted by Crippen LogP contribution is -2.98. The second kappa shape index (κ2) is 3.37. The highest BCUT2D eigenvalue weighted by atomic mass is 16.5.